The van der Waals surface area contributed by atoms with Crippen molar-refractivity contribution < 1.29 is 0 Å². The maximum atomic E-state index is 6.21. The van der Waals surface area contributed by atoms with Gasteiger partial charge in [0.1, 0.15) is 0 Å². The lowest BCUT2D eigenvalue weighted by molar-refractivity contribution is 0.711. The zero-order valence-corrected chi connectivity index (χ0v) is 9.80. The molecule has 2 aromatic carbocycles. The van der Waals surface area contributed by atoms with Gasteiger partial charge in [0.15, 0.2) is 0 Å². The van der Waals surface area contributed by atoms with Crippen LogP contribution >= 0.6 is 11.6 Å². The Balaban J connectivity index is 2.30. The Labute approximate surface area is 100 Å². The van der Waals surface area contributed by atoms with Gasteiger partial charge in [-0.15, -0.1) is 0 Å². The fourth-order valence-corrected chi connectivity index (χ4v) is 2.71. The summed E-state index contributed by atoms with van der Waals surface area (Å²) in [7, 11) is 0. The highest BCUT2D eigenvalue weighted by molar-refractivity contribution is 6.35. The van der Waals surface area contributed by atoms with Gasteiger partial charge in [-0.25, -0.2) is 0 Å². The molecule has 1 saturated carbocycles. The van der Waals surface area contributed by atoms with Crippen molar-refractivity contribution in [2.75, 3.05) is 6.54 Å². The highest BCUT2D eigenvalue weighted by Gasteiger charge is 2.43. The largest absolute Gasteiger partial charge is 0.330 e. The van der Waals surface area contributed by atoms with Crippen molar-refractivity contribution in [1.82, 2.24) is 0 Å². The fourth-order valence-electron chi connectivity index (χ4n) is 2.47. The summed E-state index contributed by atoms with van der Waals surface area (Å²) in [4.78, 5) is 0. The maximum Gasteiger partial charge on any atom is 0.0484 e. The second-order valence-corrected chi connectivity index (χ2v) is 5.03. The molecule has 16 heavy (non-hydrogen) atoms. The van der Waals surface area contributed by atoms with Gasteiger partial charge in [0.2, 0.25) is 0 Å². The predicted molar refractivity (Wildman–Crippen MR) is 68.9 cm³/mol. The third kappa shape index (κ3) is 1.35. The first kappa shape index (κ1) is 10.1. The molecule has 2 heteroatoms. The minimum atomic E-state index is 0.226. The van der Waals surface area contributed by atoms with E-state index < -0.39 is 0 Å². The summed E-state index contributed by atoms with van der Waals surface area (Å²) in [5.74, 6) is 0. The van der Waals surface area contributed by atoms with Crippen molar-refractivity contribution in [3.8, 4) is 0 Å². The molecule has 2 aromatic rings. The van der Waals surface area contributed by atoms with E-state index in [1.165, 1.54) is 23.8 Å². The van der Waals surface area contributed by atoms with Gasteiger partial charge in [0.05, 0.1) is 0 Å². The highest BCUT2D eigenvalue weighted by Crippen LogP contribution is 2.49. The van der Waals surface area contributed by atoms with Crippen molar-refractivity contribution in [2.24, 2.45) is 5.73 Å². The molecule has 0 spiro atoms. The number of halogens is 1. The van der Waals surface area contributed by atoms with Gasteiger partial charge in [-0.05, 0) is 29.9 Å². The van der Waals surface area contributed by atoms with E-state index >= 15 is 0 Å². The number of benzene rings is 2. The minimum Gasteiger partial charge on any atom is -0.330 e. The Hall–Kier alpha value is -1.05. The number of hydrogen-bond acceptors (Lipinski definition) is 1. The summed E-state index contributed by atoms with van der Waals surface area (Å²) in [6.45, 7) is 0.735. The second-order valence-electron chi connectivity index (χ2n) is 4.62. The van der Waals surface area contributed by atoms with Crippen molar-refractivity contribution in [3.63, 3.8) is 0 Å². The van der Waals surface area contributed by atoms with E-state index in [1.54, 1.807) is 0 Å². The summed E-state index contributed by atoms with van der Waals surface area (Å²) in [5.41, 5.74) is 7.49. The lowest BCUT2D eigenvalue weighted by Crippen LogP contribution is -2.19. The lowest BCUT2D eigenvalue weighted by atomic mass is 9.91. The molecule has 0 amide bonds. The predicted octanol–water partition coefficient (Wildman–Crippen LogP) is 3.48. The van der Waals surface area contributed by atoms with E-state index in [2.05, 4.69) is 24.3 Å². The molecule has 1 nitrogen and oxygen atoms in total. The smallest absolute Gasteiger partial charge is 0.0484 e. The van der Waals surface area contributed by atoms with Crippen LogP contribution in [0, 0.1) is 0 Å². The van der Waals surface area contributed by atoms with Crippen LogP contribution in [0.25, 0.3) is 10.8 Å². The van der Waals surface area contributed by atoms with Gasteiger partial charge in [0.25, 0.3) is 0 Å². The first-order valence-electron chi connectivity index (χ1n) is 5.65. The van der Waals surface area contributed by atoms with Crippen LogP contribution in [0.5, 0.6) is 0 Å². The van der Waals surface area contributed by atoms with Crippen LogP contribution in [0.2, 0.25) is 5.02 Å². The molecule has 0 unspecified atom stereocenters. The number of fused-ring (bicyclic) bond motifs is 1. The summed E-state index contributed by atoms with van der Waals surface area (Å²) >= 11 is 6.21. The maximum absolute atomic E-state index is 6.21. The van der Waals surface area contributed by atoms with E-state index in [1.807, 2.05) is 12.1 Å². The van der Waals surface area contributed by atoms with Gasteiger partial charge in [-0.3, -0.25) is 0 Å². The Bertz CT molecular complexity index is 543. The summed E-state index contributed by atoms with van der Waals surface area (Å²) < 4.78 is 0. The van der Waals surface area contributed by atoms with Gasteiger partial charge >= 0.3 is 0 Å². The Morgan fingerprint density at radius 1 is 1.06 bits per heavy atom. The van der Waals surface area contributed by atoms with Crippen LogP contribution in [0.4, 0.5) is 0 Å². The minimum absolute atomic E-state index is 0.226. The number of nitrogens with two attached hydrogens (primary N) is 1. The monoisotopic (exact) mass is 231 g/mol. The third-order valence-corrected chi connectivity index (χ3v) is 4.01. The summed E-state index contributed by atoms with van der Waals surface area (Å²) in [6.07, 6.45) is 2.41. The molecule has 2 N–H and O–H groups in total. The Morgan fingerprint density at radius 3 is 2.44 bits per heavy atom. The molecule has 0 heterocycles. The molecule has 0 saturated heterocycles. The van der Waals surface area contributed by atoms with Gasteiger partial charge in [-0.1, -0.05) is 41.9 Å². The number of hydrogen-bond donors (Lipinski definition) is 1. The average Bonchev–Trinajstić information content (AvgIpc) is 3.10. The molecule has 0 aromatic heterocycles. The zero-order valence-electron chi connectivity index (χ0n) is 9.04. The van der Waals surface area contributed by atoms with Crippen molar-refractivity contribution in [2.45, 2.75) is 18.3 Å². The molecule has 1 aliphatic carbocycles. The van der Waals surface area contributed by atoms with Crippen LogP contribution in [-0.2, 0) is 5.41 Å². The van der Waals surface area contributed by atoms with Crippen molar-refractivity contribution in [3.05, 3.63) is 47.0 Å². The standard InChI is InChI=1S/C14H14ClN/c15-13-6-2-3-10-11(13)4-1-5-12(10)14(9-16)7-8-14/h1-6H,7-9,16H2. The fraction of sp³-hybridized carbons (Fsp3) is 0.286. The molecular weight excluding hydrogens is 218 g/mol. The van der Waals surface area contributed by atoms with Gasteiger partial charge in [-0.2, -0.15) is 0 Å². The lowest BCUT2D eigenvalue weighted by Gasteiger charge is -2.16. The first-order valence-corrected chi connectivity index (χ1v) is 6.02. The SMILES string of the molecule is NCC1(c2cccc3c(Cl)cccc23)CC1. The highest BCUT2D eigenvalue weighted by atomic mass is 35.5. The Morgan fingerprint density at radius 2 is 1.75 bits per heavy atom. The molecular formula is C14H14ClN. The molecule has 0 aliphatic heterocycles. The van der Waals surface area contributed by atoms with E-state index in [-0.39, 0.29) is 5.41 Å². The molecule has 82 valence electrons. The van der Waals surface area contributed by atoms with Crippen LogP contribution in [-0.4, -0.2) is 6.54 Å². The van der Waals surface area contributed by atoms with E-state index in [0.29, 0.717) is 0 Å². The van der Waals surface area contributed by atoms with Crippen LogP contribution in [0.15, 0.2) is 36.4 Å². The molecule has 0 bridgehead atoms. The zero-order chi connectivity index (χ0) is 11.2. The molecule has 0 atom stereocenters. The topological polar surface area (TPSA) is 26.0 Å². The molecule has 1 aliphatic rings. The Kier molecular flexibility index (Phi) is 2.20. The van der Waals surface area contributed by atoms with Gasteiger partial charge < -0.3 is 5.73 Å². The first-order chi connectivity index (χ1) is 7.77. The average molecular weight is 232 g/mol. The van der Waals surface area contributed by atoms with E-state index in [4.69, 9.17) is 17.3 Å². The van der Waals surface area contributed by atoms with Crippen LogP contribution in [0.3, 0.4) is 0 Å². The van der Waals surface area contributed by atoms with Crippen LogP contribution < -0.4 is 5.73 Å². The molecule has 1 fully saturated rings. The van der Waals surface area contributed by atoms with Crippen molar-refractivity contribution >= 4 is 22.4 Å². The van der Waals surface area contributed by atoms with E-state index in [0.717, 1.165) is 17.0 Å². The van der Waals surface area contributed by atoms with Gasteiger partial charge in [0, 0.05) is 22.4 Å². The van der Waals surface area contributed by atoms with E-state index in [9.17, 15) is 0 Å². The summed E-state index contributed by atoms with van der Waals surface area (Å²) in [5, 5.41) is 3.23. The molecule has 3 rings (SSSR count). The molecule has 0 radical (unpaired) electrons. The normalized spacial score (nSPS) is 17.6. The second kappa shape index (κ2) is 3.47. The van der Waals surface area contributed by atoms with Crippen molar-refractivity contribution in [1.29, 1.82) is 0 Å². The third-order valence-electron chi connectivity index (χ3n) is 3.68. The number of rotatable bonds is 2. The quantitative estimate of drug-likeness (QED) is 0.842. The van der Waals surface area contributed by atoms with Crippen LogP contribution in [0.1, 0.15) is 18.4 Å². The summed E-state index contributed by atoms with van der Waals surface area (Å²) in [6, 6.07) is 12.5.